The standard InChI is InChI=1S/C11H15N/c1-3-10(2)12-9-11-7-5-4-6-8-11/h3-8,12H,9H2,1-2H3. The van der Waals surface area contributed by atoms with Crippen molar-refractivity contribution in [3.8, 4) is 0 Å². The molecule has 0 saturated heterocycles. The van der Waals surface area contributed by atoms with Gasteiger partial charge in [-0.05, 0) is 19.4 Å². The van der Waals surface area contributed by atoms with Crippen LogP contribution >= 0.6 is 0 Å². The fraction of sp³-hybridized carbons (Fsp3) is 0.273. The Kier molecular flexibility index (Phi) is 3.39. The minimum absolute atomic E-state index is 0.914. The molecule has 0 aliphatic heterocycles. The molecule has 0 aliphatic rings. The number of allylic oxidation sites excluding steroid dienone is 2. The maximum Gasteiger partial charge on any atom is 0.0397 e. The highest BCUT2D eigenvalue weighted by Crippen LogP contribution is 1.98. The number of rotatable bonds is 3. The Morgan fingerprint density at radius 1 is 1.33 bits per heavy atom. The number of hydrogen-bond acceptors (Lipinski definition) is 1. The molecular formula is C11H15N. The smallest absolute Gasteiger partial charge is 0.0397 e. The van der Waals surface area contributed by atoms with Crippen LogP contribution in [0.2, 0.25) is 0 Å². The van der Waals surface area contributed by atoms with Crippen molar-refractivity contribution in [1.29, 1.82) is 0 Å². The molecule has 0 fully saturated rings. The normalized spacial score (nSPS) is 11.3. The first kappa shape index (κ1) is 8.85. The van der Waals surface area contributed by atoms with Crippen molar-refractivity contribution < 1.29 is 0 Å². The molecule has 0 bridgehead atoms. The Labute approximate surface area is 74.1 Å². The van der Waals surface area contributed by atoms with Crippen LogP contribution in [0.5, 0.6) is 0 Å². The molecular weight excluding hydrogens is 146 g/mol. The van der Waals surface area contributed by atoms with Gasteiger partial charge in [-0.3, -0.25) is 0 Å². The fourth-order valence-corrected chi connectivity index (χ4v) is 0.939. The molecule has 1 rings (SSSR count). The first-order chi connectivity index (χ1) is 5.83. The third kappa shape index (κ3) is 2.79. The monoisotopic (exact) mass is 161 g/mol. The van der Waals surface area contributed by atoms with Crippen LogP contribution in [0.4, 0.5) is 0 Å². The van der Waals surface area contributed by atoms with Crippen LogP contribution in [0.25, 0.3) is 0 Å². The second-order valence-electron chi connectivity index (χ2n) is 2.81. The lowest BCUT2D eigenvalue weighted by molar-refractivity contribution is 0.810. The van der Waals surface area contributed by atoms with Gasteiger partial charge in [-0.2, -0.15) is 0 Å². The Hall–Kier alpha value is -1.24. The van der Waals surface area contributed by atoms with Crippen LogP contribution in [0.1, 0.15) is 19.4 Å². The van der Waals surface area contributed by atoms with E-state index in [0.717, 1.165) is 6.54 Å². The molecule has 0 unspecified atom stereocenters. The predicted octanol–water partition coefficient (Wildman–Crippen LogP) is 2.70. The van der Waals surface area contributed by atoms with E-state index >= 15 is 0 Å². The summed E-state index contributed by atoms with van der Waals surface area (Å²) in [6.45, 7) is 5.02. The summed E-state index contributed by atoms with van der Waals surface area (Å²) in [4.78, 5) is 0. The predicted molar refractivity (Wildman–Crippen MR) is 52.7 cm³/mol. The second kappa shape index (κ2) is 4.60. The van der Waals surface area contributed by atoms with Gasteiger partial charge in [0.2, 0.25) is 0 Å². The third-order valence-electron chi connectivity index (χ3n) is 1.85. The van der Waals surface area contributed by atoms with Crippen LogP contribution in [-0.4, -0.2) is 0 Å². The minimum atomic E-state index is 0.914. The first-order valence-electron chi connectivity index (χ1n) is 4.23. The van der Waals surface area contributed by atoms with Crippen LogP contribution < -0.4 is 5.32 Å². The molecule has 1 heteroatoms. The van der Waals surface area contributed by atoms with Crippen molar-refractivity contribution in [3.05, 3.63) is 47.7 Å². The lowest BCUT2D eigenvalue weighted by Gasteiger charge is -2.05. The molecule has 1 aromatic rings. The molecule has 0 saturated carbocycles. The zero-order valence-corrected chi connectivity index (χ0v) is 7.67. The van der Waals surface area contributed by atoms with Gasteiger partial charge in [-0.1, -0.05) is 36.4 Å². The molecule has 0 aliphatic carbocycles. The van der Waals surface area contributed by atoms with Gasteiger partial charge in [0.05, 0.1) is 0 Å². The molecule has 1 aromatic carbocycles. The van der Waals surface area contributed by atoms with E-state index in [4.69, 9.17) is 0 Å². The summed E-state index contributed by atoms with van der Waals surface area (Å²) >= 11 is 0. The van der Waals surface area contributed by atoms with Crippen LogP contribution in [0.3, 0.4) is 0 Å². The average molecular weight is 161 g/mol. The molecule has 12 heavy (non-hydrogen) atoms. The van der Waals surface area contributed by atoms with E-state index < -0.39 is 0 Å². The van der Waals surface area contributed by atoms with E-state index in [0.29, 0.717) is 0 Å². The van der Waals surface area contributed by atoms with E-state index in [1.54, 1.807) is 0 Å². The summed E-state index contributed by atoms with van der Waals surface area (Å²) in [5.41, 5.74) is 2.54. The molecule has 0 heterocycles. The summed E-state index contributed by atoms with van der Waals surface area (Å²) in [5, 5.41) is 3.31. The van der Waals surface area contributed by atoms with E-state index in [1.165, 1.54) is 11.3 Å². The maximum absolute atomic E-state index is 3.31. The Balaban J connectivity index is 2.44. The summed E-state index contributed by atoms with van der Waals surface area (Å²) in [6, 6.07) is 10.4. The summed E-state index contributed by atoms with van der Waals surface area (Å²) in [5.74, 6) is 0. The molecule has 64 valence electrons. The van der Waals surface area contributed by atoms with Crippen LogP contribution in [0, 0.1) is 0 Å². The molecule has 1 N–H and O–H groups in total. The lowest BCUT2D eigenvalue weighted by Crippen LogP contribution is -2.09. The molecule has 0 aromatic heterocycles. The largest absolute Gasteiger partial charge is 0.385 e. The molecule has 0 atom stereocenters. The van der Waals surface area contributed by atoms with E-state index in [-0.39, 0.29) is 0 Å². The number of nitrogens with one attached hydrogen (secondary N) is 1. The number of benzene rings is 1. The lowest BCUT2D eigenvalue weighted by atomic mass is 10.2. The van der Waals surface area contributed by atoms with Gasteiger partial charge in [0.15, 0.2) is 0 Å². The van der Waals surface area contributed by atoms with Gasteiger partial charge in [0, 0.05) is 12.2 Å². The van der Waals surface area contributed by atoms with Crippen LogP contribution in [0.15, 0.2) is 42.1 Å². The van der Waals surface area contributed by atoms with E-state index in [9.17, 15) is 0 Å². The minimum Gasteiger partial charge on any atom is -0.385 e. The maximum atomic E-state index is 3.31. The van der Waals surface area contributed by atoms with Crippen LogP contribution in [-0.2, 0) is 6.54 Å². The Morgan fingerprint density at radius 3 is 2.58 bits per heavy atom. The third-order valence-corrected chi connectivity index (χ3v) is 1.85. The van der Waals surface area contributed by atoms with Gasteiger partial charge in [-0.25, -0.2) is 0 Å². The highest BCUT2D eigenvalue weighted by Gasteiger charge is 1.88. The van der Waals surface area contributed by atoms with Crippen molar-refractivity contribution in [3.63, 3.8) is 0 Å². The highest BCUT2D eigenvalue weighted by atomic mass is 14.9. The second-order valence-corrected chi connectivity index (χ2v) is 2.81. The summed E-state index contributed by atoms with van der Waals surface area (Å²) in [7, 11) is 0. The van der Waals surface area contributed by atoms with Crippen molar-refractivity contribution in [2.24, 2.45) is 0 Å². The first-order valence-corrected chi connectivity index (χ1v) is 4.23. The number of hydrogen-bond donors (Lipinski definition) is 1. The molecule has 0 radical (unpaired) electrons. The van der Waals surface area contributed by atoms with Crippen molar-refractivity contribution >= 4 is 0 Å². The van der Waals surface area contributed by atoms with E-state index in [1.807, 2.05) is 13.0 Å². The zero-order valence-electron chi connectivity index (χ0n) is 7.67. The Morgan fingerprint density at radius 2 is 2.00 bits per heavy atom. The van der Waals surface area contributed by atoms with E-state index in [2.05, 4.69) is 42.6 Å². The molecule has 1 nitrogen and oxygen atoms in total. The Bertz CT molecular complexity index is 249. The van der Waals surface area contributed by atoms with Gasteiger partial charge < -0.3 is 5.32 Å². The summed E-state index contributed by atoms with van der Waals surface area (Å²) in [6.07, 6.45) is 2.07. The fourth-order valence-electron chi connectivity index (χ4n) is 0.939. The summed E-state index contributed by atoms with van der Waals surface area (Å²) < 4.78 is 0. The van der Waals surface area contributed by atoms with Gasteiger partial charge in [-0.15, -0.1) is 0 Å². The van der Waals surface area contributed by atoms with Gasteiger partial charge >= 0.3 is 0 Å². The van der Waals surface area contributed by atoms with Gasteiger partial charge in [0.1, 0.15) is 0 Å². The molecule has 0 spiro atoms. The average Bonchev–Trinajstić information content (AvgIpc) is 2.16. The topological polar surface area (TPSA) is 12.0 Å². The van der Waals surface area contributed by atoms with Gasteiger partial charge in [0.25, 0.3) is 0 Å². The quantitative estimate of drug-likeness (QED) is 0.718. The zero-order chi connectivity index (χ0) is 8.81. The highest BCUT2D eigenvalue weighted by molar-refractivity contribution is 5.15. The molecule has 0 amide bonds. The van der Waals surface area contributed by atoms with Crippen molar-refractivity contribution in [1.82, 2.24) is 5.32 Å². The van der Waals surface area contributed by atoms with Crippen molar-refractivity contribution in [2.45, 2.75) is 20.4 Å². The SMILES string of the molecule is CC=C(C)NCc1ccccc1. The van der Waals surface area contributed by atoms with Crippen molar-refractivity contribution in [2.75, 3.05) is 0 Å².